The average molecular weight is 215 g/mol. The Labute approximate surface area is 87.5 Å². The van der Waals surface area contributed by atoms with Gasteiger partial charge < -0.3 is 11.1 Å². The number of nitrogens with one attached hydrogen (secondary N) is 1. The summed E-state index contributed by atoms with van der Waals surface area (Å²) in [5.41, 5.74) is 5.58. The second-order valence-corrected chi connectivity index (χ2v) is 3.41. The maximum Gasteiger partial charge on any atom is 0.00225 e. The monoisotopic (exact) mass is 214 g/mol. The summed E-state index contributed by atoms with van der Waals surface area (Å²) in [6, 6.07) is 0.353. The van der Waals surface area contributed by atoms with Gasteiger partial charge in [-0.2, -0.15) is 0 Å². The van der Waals surface area contributed by atoms with Crippen molar-refractivity contribution >= 4 is 24.8 Å². The molecule has 1 aliphatic carbocycles. The van der Waals surface area contributed by atoms with E-state index >= 15 is 0 Å². The number of nitrogens with two attached hydrogens (primary N) is 1. The van der Waals surface area contributed by atoms with Gasteiger partial charge in [-0.15, -0.1) is 24.8 Å². The summed E-state index contributed by atoms with van der Waals surface area (Å²) in [6.07, 6.45) is 3.98. The largest absolute Gasteiger partial charge is 0.328 e. The zero-order valence-corrected chi connectivity index (χ0v) is 9.22. The Kier molecular flexibility index (Phi) is 10.1. The Morgan fingerprint density at radius 1 is 1.42 bits per heavy atom. The molecule has 1 atom stereocenters. The molecule has 0 radical (unpaired) electrons. The van der Waals surface area contributed by atoms with Crippen LogP contribution in [0.1, 0.15) is 26.2 Å². The van der Waals surface area contributed by atoms with Crippen LogP contribution in [-0.4, -0.2) is 19.1 Å². The molecule has 0 amide bonds. The Hall–Kier alpha value is 0.500. The predicted octanol–water partition coefficient (Wildman–Crippen LogP) is 1.57. The number of hydrogen-bond acceptors (Lipinski definition) is 2. The van der Waals surface area contributed by atoms with Gasteiger partial charge in [0.25, 0.3) is 0 Å². The second kappa shape index (κ2) is 8.11. The summed E-state index contributed by atoms with van der Waals surface area (Å²) >= 11 is 0. The minimum absolute atomic E-state index is 0. The minimum Gasteiger partial charge on any atom is -0.328 e. The molecule has 0 heterocycles. The fourth-order valence-electron chi connectivity index (χ4n) is 0.958. The Balaban J connectivity index is 0. The highest BCUT2D eigenvalue weighted by Crippen LogP contribution is 2.27. The highest BCUT2D eigenvalue weighted by Gasteiger charge is 2.19. The van der Waals surface area contributed by atoms with E-state index in [2.05, 4.69) is 12.2 Å². The van der Waals surface area contributed by atoms with Crippen LogP contribution in [0.15, 0.2) is 0 Å². The maximum atomic E-state index is 5.58. The standard InChI is InChI=1S/C8H18N2.2ClH/c1-7(9)4-5-10-6-8-2-3-8;;/h7-8,10H,2-6,9H2,1H3;2*1H/t7-;;/m0../s1. The van der Waals surface area contributed by atoms with Gasteiger partial charge in [0.15, 0.2) is 0 Å². The van der Waals surface area contributed by atoms with Gasteiger partial charge in [-0.1, -0.05) is 0 Å². The molecule has 1 fully saturated rings. The van der Waals surface area contributed by atoms with Crippen LogP contribution in [0.5, 0.6) is 0 Å². The molecule has 1 saturated carbocycles. The van der Waals surface area contributed by atoms with Crippen LogP contribution >= 0.6 is 24.8 Å². The summed E-state index contributed by atoms with van der Waals surface area (Å²) < 4.78 is 0. The van der Waals surface area contributed by atoms with Crippen molar-refractivity contribution < 1.29 is 0 Å². The lowest BCUT2D eigenvalue weighted by Crippen LogP contribution is -2.25. The Bertz CT molecular complexity index is 91.1. The van der Waals surface area contributed by atoms with Gasteiger partial charge in [0.2, 0.25) is 0 Å². The summed E-state index contributed by atoms with van der Waals surface area (Å²) in [6.45, 7) is 4.36. The smallest absolute Gasteiger partial charge is 0.00225 e. The molecule has 1 rings (SSSR count). The van der Waals surface area contributed by atoms with Crippen LogP contribution in [0.2, 0.25) is 0 Å². The van der Waals surface area contributed by atoms with Crippen molar-refractivity contribution in [2.24, 2.45) is 11.7 Å². The van der Waals surface area contributed by atoms with E-state index in [0.29, 0.717) is 6.04 Å². The molecular weight excluding hydrogens is 195 g/mol. The third-order valence-corrected chi connectivity index (χ3v) is 1.91. The summed E-state index contributed by atoms with van der Waals surface area (Å²) in [7, 11) is 0. The van der Waals surface area contributed by atoms with E-state index in [1.54, 1.807) is 0 Å². The van der Waals surface area contributed by atoms with Gasteiger partial charge in [0, 0.05) is 6.04 Å². The predicted molar refractivity (Wildman–Crippen MR) is 58.4 cm³/mol. The Morgan fingerprint density at radius 2 is 2.00 bits per heavy atom. The van der Waals surface area contributed by atoms with Crippen LogP contribution in [0.25, 0.3) is 0 Å². The van der Waals surface area contributed by atoms with Crippen molar-refractivity contribution in [3.8, 4) is 0 Å². The number of hydrogen-bond donors (Lipinski definition) is 2. The van der Waals surface area contributed by atoms with Crippen molar-refractivity contribution in [2.45, 2.75) is 32.2 Å². The van der Waals surface area contributed by atoms with E-state index < -0.39 is 0 Å². The van der Waals surface area contributed by atoms with Gasteiger partial charge in [0.1, 0.15) is 0 Å². The molecule has 0 saturated heterocycles. The highest BCUT2D eigenvalue weighted by atomic mass is 35.5. The van der Waals surface area contributed by atoms with E-state index in [1.807, 2.05) is 0 Å². The normalized spacial score (nSPS) is 17.5. The molecule has 0 spiro atoms. The molecule has 1 aliphatic rings. The van der Waals surface area contributed by atoms with Crippen molar-refractivity contribution in [1.82, 2.24) is 5.32 Å². The van der Waals surface area contributed by atoms with E-state index in [4.69, 9.17) is 5.73 Å². The van der Waals surface area contributed by atoms with Gasteiger partial charge in [-0.3, -0.25) is 0 Å². The van der Waals surface area contributed by atoms with E-state index in [-0.39, 0.29) is 24.8 Å². The zero-order chi connectivity index (χ0) is 7.40. The highest BCUT2D eigenvalue weighted by molar-refractivity contribution is 5.85. The number of halogens is 2. The molecule has 0 bridgehead atoms. The summed E-state index contributed by atoms with van der Waals surface area (Å²) in [4.78, 5) is 0. The first-order valence-corrected chi connectivity index (χ1v) is 4.25. The zero-order valence-electron chi connectivity index (χ0n) is 7.58. The summed E-state index contributed by atoms with van der Waals surface area (Å²) in [5.74, 6) is 0.994. The van der Waals surface area contributed by atoms with Crippen LogP contribution in [-0.2, 0) is 0 Å². The molecule has 12 heavy (non-hydrogen) atoms. The molecule has 4 heteroatoms. The second-order valence-electron chi connectivity index (χ2n) is 3.41. The van der Waals surface area contributed by atoms with Crippen LogP contribution in [0.3, 0.4) is 0 Å². The van der Waals surface area contributed by atoms with E-state index in [9.17, 15) is 0 Å². The van der Waals surface area contributed by atoms with Gasteiger partial charge in [-0.25, -0.2) is 0 Å². The van der Waals surface area contributed by atoms with Gasteiger partial charge >= 0.3 is 0 Å². The van der Waals surface area contributed by atoms with Gasteiger partial charge in [-0.05, 0) is 45.2 Å². The third-order valence-electron chi connectivity index (χ3n) is 1.91. The molecule has 0 aromatic rings. The average Bonchev–Trinajstić information content (AvgIpc) is 2.62. The fourth-order valence-corrected chi connectivity index (χ4v) is 0.958. The van der Waals surface area contributed by atoms with Crippen LogP contribution < -0.4 is 11.1 Å². The van der Waals surface area contributed by atoms with Crippen molar-refractivity contribution in [2.75, 3.05) is 13.1 Å². The lowest BCUT2D eigenvalue weighted by Gasteiger charge is -2.05. The molecule has 2 nitrogen and oxygen atoms in total. The summed E-state index contributed by atoms with van der Waals surface area (Å²) in [5, 5.41) is 3.40. The third kappa shape index (κ3) is 8.60. The molecule has 3 N–H and O–H groups in total. The topological polar surface area (TPSA) is 38.0 Å². The van der Waals surface area contributed by atoms with E-state index in [1.165, 1.54) is 19.4 Å². The molecule has 0 aliphatic heterocycles. The minimum atomic E-state index is 0. The van der Waals surface area contributed by atoms with Crippen LogP contribution in [0, 0.1) is 5.92 Å². The molecule has 76 valence electrons. The number of rotatable bonds is 5. The lowest BCUT2D eigenvalue weighted by atomic mass is 10.2. The first-order valence-electron chi connectivity index (χ1n) is 4.25. The first-order chi connectivity index (χ1) is 4.79. The molecular formula is C8H20Cl2N2. The molecule has 0 aromatic carbocycles. The van der Waals surface area contributed by atoms with Crippen molar-refractivity contribution in [3.05, 3.63) is 0 Å². The Morgan fingerprint density at radius 3 is 2.42 bits per heavy atom. The maximum absolute atomic E-state index is 5.58. The SMILES string of the molecule is C[C@H](N)CCNCC1CC1.Cl.Cl. The van der Waals surface area contributed by atoms with Crippen LogP contribution in [0.4, 0.5) is 0 Å². The quantitative estimate of drug-likeness (QED) is 0.683. The lowest BCUT2D eigenvalue weighted by molar-refractivity contribution is 0.570. The van der Waals surface area contributed by atoms with Gasteiger partial charge in [0.05, 0.1) is 0 Å². The van der Waals surface area contributed by atoms with Crippen molar-refractivity contribution in [1.29, 1.82) is 0 Å². The van der Waals surface area contributed by atoms with Crippen molar-refractivity contribution in [3.63, 3.8) is 0 Å². The first kappa shape index (κ1) is 15.0. The van der Waals surface area contributed by atoms with E-state index in [0.717, 1.165) is 18.9 Å². The molecule has 0 unspecified atom stereocenters. The molecule has 0 aromatic heterocycles. The fraction of sp³-hybridized carbons (Fsp3) is 1.00.